The molecular formula is C19H22ClN3O2. The van der Waals surface area contributed by atoms with Crippen LogP contribution in [0.25, 0.3) is 5.69 Å². The minimum absolute atomic E-state index is 0.120. The molecule has 1 saturated carbocycles. The van der Waals surface area contributed by atoms with Crippen LogP contribution in [0.3, 0.4) is 0 Å². The fourth-order valence-corrected chi connectivity index (χ4v) is 4.21. The predicted molar refractivity (Wildman–Crippen MR) is 96.5 cm³/mol. The Bertz CT molecular complexity index is 826. The number of nitrogens with zero attached hydrogens (tertiary/aromatic N) is 2. The van der Waals surface area contributed by atoms with Gasteiger partial charge in [0.25, 0.3) is 5.91 Å². The highest BCUT2D eigenvalue weighted by molar-refractivity contribution is 6.30. The number of halogens is 1. The van der Waals surface area contributed by atoms with E-state index >= 15 is 0 Å². The highest BCUT2D eigenvalue weighted by atomic mass is 35.5. The van der Waals surface area contributed by atoms with Gasteiger partial charge >= 0.3 is 0 Å². The van der Waals surface area contributed by atoms with Crippen LogP contribution in [-0.2, 0) is 0 Å². The molecule has 2 aromatic rings. The normalized spacial score (nSPS) is 21.4. The standard InChI is InChI=1S/C19H22ClN3O2/c1-19(2,10-24)21-18(25)16-15-11-3-4-12(9-11)17(15)23(22-16)14-7-5-13(20)6-8-14/h5-8,11-12,24H,3-4,9-10H2,1-2H3,(H,21,25)/t11-,12+/m1/s1. The van der Waals surface area contributed by atoms with Crippen molar-refractivity contribution in [1.82, 2.24) is 15.1 Å². The quantitative estimate of drug-likeness (QED) is 0.879. The molecule has 0 radical (unpaired) electrons. The van der Waals surface area contributed by atoms with Crippen molar-refractivity contribution in [3.63, 3.8) is 0 Å². The second-order valence-corrected chi connectivity index (χ2v) is 8.18. The molecule has 1 fully saturated rings. The Hall–Kier alpha value is -1.85. The maximum Gasteiger partial charge on any atom is 0.272 e. The van der Waals surface area contributed by atoms with Crippen LogP contribution >= 0.6 is 11.6 Å². The van der Waals surface area contributed by atoms with Gasteiger partial charge in [0.15, 0.2) is 5.69 Å². The SMILES string of the molecule is CC(C)(CO)NC(=O)c1nn(-c2ccc(Cl)cc2)c2c1[C@@H]1CC[C@H]2C1. The fourth-order valence-electron chi connectivity index (χ4n) is 4.08. The van der Waals surface area contributed by atoms with Crippen molar-refractivity contribution in [3.8, 4) is 5.69 Å². The molecule has 6 heteroatoms. The summed E-state index contributed by atoms with van der Waals surface area (Å²) in [4.78, 5) is 12.8. The first-order chi connectivity index (χ1) is 11.9. The van der Waals surface area contributed by atoms with E-state index in [2.05, 4.69) is 10.4 Å². The summed E-state index contributed by atoms with van der Waals surface area (Å²) < 4.78 is 1.91. The molecule has 2 aliphatic rings. The molecule has 25 heavy (non-hydrogen) atoms. The van der Waals surface area contributed by atoms with E-state index in [0.717, 1.165) is 30.5 Å². The van der Waals surface area contributed by atoms with Crippen molar-refractivity contribution < 1.29 is 9.90 Å². The van der Waals surface area contributed by atoms with E-state index < -0.39 is 5.54 Å². The van der Waals surface area contributed by atoms with Gasteiger partial charge in [-0.25, -0.2) is 4.68 Å². The number of aromatic nitrogens is 2. The van der Waals surface area contributed by atoms with Gasteiger partial charge in [0.05, 0.1) is 23.5 Å². The summed E-state index contributed by atoms with van der Waals surface area (Å²) in [5, 5.41) is 17.7. The summed E-state index contributed by atoms with van der Waals surface area (Å²) in [6.45, 7) is 3.48. The Morgan fingerprint density at radius 3 is 2.68 bits per heavy atom. The summed E-state index contributed by atoms with van der Waals surface area (Å²) in [5.74, 6) is 0.671. The number of aliphatic hydroxyl groups excluding tert-OH is 1. The zero-order chi connectivity index (χ0) is 17.8. The van der Waals surface area contributed by atoms with Gasteiger partial charge in [0, 0.05) is 16.5 Å². The average Bonchev–Trinajstić information content (AvgIpc) is 3.27. The highest BCUT2D eigenvalue weighted by Crippen LogP contribution is 2.54. The smallest absolute Gasteiger partial charge is 0.272 e. The zero-order valence-corrected chi connectivity index (χ0v) is 15.2. The molecule has 1 aromatic carbocycles. The monoisotopic (exact) mass is 359 g/mol. The van der Waals surface area contributed by atoms with Gasteiger partial charge in [0.2, 0.25) is 0 Å². The van der Waals surface area contributed by atoms with Crippen LogP contribution in [0.1, 0.15) is 66.7 Å². The highest BCUT2D eigenvalue weighted by Gasteiger charge is 2.44. The topological polar surface area (TPSA) is 67.2 Å². The second-order valence-electron chi connectivity index (χ2n) is 7.74. The third-order valence-corrected chi connectivity index (χ3v) is 5.57. The third-order valence-electron chi connectivity index (χ3n) is 5.32. The summed E-state index contributed by atoms with van der Waals surface area (Å²) in [6.07, 6.45) is 3.37. The number of hydrogen-bond donors (Lipinski definition) is 2. The molecule has 2 N–H and O–H groups in total. The van der Waals surface area contributed by atoms with Crippen LogP contribution in [0, 0.1) is 0 Å². The van der Waals surface area contributed by atoms with Gasteiger partial charge in [0.1, 0.15) is 0 Å². The van der Waals surface area contributed by atoms with E-state index in [1.54, 1.807) is 13.8 Å². The molecule has 132 valence electrons. The van der Waals surface area contributed by atoms with Gasteiger partial charge in [-0.3, -0.25) is 4.79 Å². The Kier molecular flexibility index (Phi) is 3.89. The van der Waals surface area contributed by atoms with E-state index in [4.69, 9.17) is 11.6 Å². The average molecular weight is 360 g/mol. The van der Waals surface area contributed by atoms with Crippen molar-refractivity contribution in [2.45, 2.75) is 50.5 Å². The first-order valence-electron chi connectivity index (χ1n) is 8.72. The lowest BCUT2D eigenvalue weighted by Gasteiger charge is -2.23. The largest absolute Gasteiger partial charge is 0.394 e. The summed E-state index contributed by atoms with van der Waals surface area (Å²) in [7, 11) is 0. The molecule has 1 aromatic heterocycles. The van der Waals surface area contributed by atoms with Crippen LogP contribution in [0.4, 0.5) is 0 Å². The van der Waals surface area contributed by atoms with E-state index in [-0.39, 0.29) is 12.5 Å². The van der Waals surface area contributed by atoms with Crippen LogP contribution in [0.5, 0.6) is 0 Å². The van der Waals surface area contributed by atoms with Gasteiger partial charge in [-0.15, -0.1) is 0 Å². The number of rotatable bonds is 4. The molecule has 4 rings (SSSR count). The number of hydrogen-bond acceptors (Lipinski definition) is 3. The Balaban J connectivity index is 1.79. The van der Waals surface area contributed by atoms with Gasteiger partial charge in [-0.2, -0.15) is 5.10 Å². The molecule has 0 aliphatic heterocycles. The Labute approximate surface area is 152 Å². The van der Waals surface area contributed by atoms with Crippen molar-refractivity contribution in [2.24, 2.45) is 0 Å². The number of benzene rings is 1. The Morgan fingerprint density at radius 2 is 2.00 bits per heavy atom. The number of carbonyl (C=O) groups excluding carboxylic acids is 1. The van der Waals surface area contributed by atoms with Crippen LogP contribution in [0.2, 0.25) is 5.02 Å². The van der Waals surface area contributed by atoms with Crippen LogP contribution < -0.4 is 5.32 Å². The van der Waals surface area contributed by atoms with Crippen molar-refractivity contribution in [2.75, 3.05) is 6.61 Å². The first kappa shape index (κ1) is 16.6. The fraction of sp³-hybridized carbons (Fsp3) is 0.474. The van der Waals surface area contributed by atoms with Crippen molar-refractivity contribution >= 4 is 17.5 Å². The summed E-state index contributed by atoms with van der Waals surface area (Å²) in [5.41, 5.74) is 3.02. The Morgan fingerprint density at radius 1 is 1.32 bits per heavy atom. The van der Waals surface area contributed by atoms with Crippen LogP contribution in [-0.4, -0.2) is 32.9 Å². The van der Waals surface area contributed by atoms with Crippen molar-refractivity contribution in [1.29, 1.82) is 0 Å². The molecular weight excluding hydrogens is 338 g/mol. The van der Waals surface area contributed by atoms with Crippen LogP contribution in [0.15, 0.2) is 24.3 Å². The summed E-state index contributed by atoms with van der Waals surface area (Å²) >= 11 is 6.01. The summed E-state index contributed by atoms with van der Waals surface area (Å²) in [6, 6.07) is 7.54. The molecule has 0 saturated heterocycles. The lowest BCUT2D eigenvalue weighted by Crippen LogP contribution is -2.46. The maximum atomic E-state index is 12.8. The van der Waals surface area contributed by atoms with Gasteiger partial charge in [-0.1, -0.05) is 11.6 Å². The molecule has 2 bridgehead atoms. The predicted octanol–water partition coefficient (Wildman–Crippen LogP) is 3.39. The first-order valence-corrected chi connectivity index (χ1v) is 9.09. The minimum Gasteiger partial charge on any atom is -0.394 e. The molecule has 2 atom stereocenters. The molecule has 2 aliphatic carbocycles. The number of nitrogens with one attached hydrogen (secondary N) is 1. The lowest BCUT2D eigenvalue weighted by atomic mass is 9.94. The number of fused-ring (bicyclic) bond motifs is 5. The second kappa shape index (κ2) is 5.85. The molecule has 5 nitrogen and oxygen atoms in total. The molecule has 0 unspecified atom stereocenters. The number of aliphatic hydroxyl groups is 1. The van der Waals surface area contributed by atoms with Gasteiger partial charge in [-0.05, 0) is 63.3 Å². The van der Waals surface area contributed by atoms with E-state index in [9.17, 15) is 9.90 Å². The van der Waals surface area contributed by atoms with Crippen molar-refractivity contribution in [3.05, 3.63) is 46.2 Å². The van der Waals surface area contributed by atoms with Gasteiger partial charge < -0.3 is 10.4 Å². The third kappa shape index (κ3) is 2.75. The van der Waals surface area contributed by atoms with E-state index in [1.165, 1.54) is 5.69 Å². The van der Waals surface area contributed by atoms with E-state index in [0.29, 0.717) is 22.6 Å². The number of carbonyl (C=O) groups is 1. The molecule has 1 heterocycles. The lowest BCUT2D eigenvalue weighted by molar-refractivity contribution is 0.0862. The zero-order valence-electron chi connectivity index (χ0n) is 14.4. The maximum absolute atomic E-state index is 12.8. The van der Waals surface area contributed by atoms with E-state index in [1.807, 2.05) is 28.9 Å². The molecule has 0 spiro atoms. The number of amides is 1. The molecule has 1 amide bonds. The minimum atomic E-state index is -0.675.